The zero-order valence-corrected chi connectivity index (χ0v) is 15.2. The Hall–Kier alpha value is -0.750. The smallest absolute Gasteiger partial charge is 0.124 e. The molecule has 1 atom stereocenters. The van der Waals surface area contributed by atoms with Crippen LogP contribution in [0.25, 0.3) is 0 Å². The highest BCUT2D eigenvalue weighted by Gasteiger charge is 2.21. The number of hydrogen-bond donors (Lipinski definition) is 1. The van der Waals surface area contributed by atoms with E-state index < -0.39 is 0 Å². The molecule has 1 aromatic carbocycles. The van der Waals surface area contributed by atoms with Gasteiger partial charge in [0.15, 0.2) is 0 Å². The fourth-order valence-corrected chi connectivity index (χ4v) is 3.98. The SMILES string of the molecule is CCNC(c1cc(Cl)c(Br)s1)c1cc(OC)ccc1OC. The average molecular weight is 391 g/mol. The molecule has 3 nitrogen and oxygen atoms in total. The molecule has 0 aliphatic rings. The molecule has 0 saturated carbocycles. The average Bonchev–Trinajstić information content (AvgIpc) is 2.83. The number of halogens is 2. The first-order valence-corrected chi connectivity index (χ1v) is 8.49. The van der Waals surface area contributed by atoms with Gasteiger partial charge >= 0.3 is 0 Å². The molecule has 0 fully saturated rings. The van der Waals surface area contributed by atoms with E-state index in [0.29, 0.717) is 0 Å². The number of hydrogen-bond acceptors (Lipinski definition) is 4. The molecule has 2 aromatic rings. The minimum absolute atomic E-state index is 0.00819. The highest BCUT2D eigenvalue weighted by Crippen LogP contribution is 2.40. The minimum atomic E-state index is 0.00819. The van der Waals surface area contributed by atoms with Gasteiger partial charge in [0, 0.05) is 10.4 Å². The molecule has 0 aliphatic carbocycles. The van der Waals surface area contributed by atoms with Gasteiger partial charge in [-0.3, -0.25) is 0 Å². The fraction of sp³-hybridized carbons (Fsp3) is 0.333. The number of thiophene rings is 1. The predicted molar refractivity (Wildman–Crippen MR) is 92.1 cm³/mol. The quantitative estimate of drug-likeness (QED) is 0.762. The molecule has 1 N–H and O–H groups in total. The molecule has 21 heavy (non-hydrogen) atoms. The summed E-state index contributed by atoms with van der Waals surface area (Å²) in [5.41, 5.74) is 1.03. The van der Waals surface area contributed by atoms with Crippen molar-refractivity contribution in [1.82, 2.24) is 5.32 Å². The van der Waals surface area contributed by atoms with Crippen LogP contribution in [-0.2, 0) is 0 Å². The van der Waals surface area contributed by atoms with Gasteiger partial charge in [-0.05, 0) is 46.7 Å². The van der Waals surface area contributed by atoms with Crippen molar-refractivity contribution in [2.75, 3.05) is 20.8 Å². The molecule has 0 amide bonds. The van der Waals surface area contributed by atoms with Crippen LogP contribution in [0.4, 0.5) is 0 Å². The van der Waals surface area contributed by atoms with Crippen molar-refractivity contribution in [1.29, 1.82) is 0 Å². The lowest BCUT2D eigenvalue weighted by Gasteiger charge is -2.20. The van der Waals surface area contributed by atoms with Crippen molar-refractivity contribution in [2.45, 2.75) is 13.0 Å². The fourth-order valence-electron chi connectivity index (χ4n) is 2.14. The molecular weight excluding hydrogens is 374 g/mol. The monoisotopic (exact) mass is 389 g/mol. The summed E-state index contributed by atoms with van der Waals surface area (Å²) >= 11 is 11.3. The van der Waals surface area contributed by atoms with E-state index in [-0.39, 0.29) is 6.04 Å². The zero-order chi connectivity index (χ0) is 15.4. The van der Waals surface area contributed by atoms with Crippen molar-refractivity contribution >= 4 is 38.9 Å². The second-order valence-corrected chi connectivity index (χ2v) is 7.18. The summed E-state index contributed by atoms with van der Waals surface area (Å²) in [5, 5.41) is 4.20. The Labute approximate surface area is 142 Å². The van der Waals surface area contributed by atoms with E-state index >= 15 is 0 Å². The maximum Gasteiger partial charge on any atom is 0.124 e. The lowest BCUT2D eigenvalue weighted by Crippen LogP contribution is -2.21. The van der Waals surface area contributed by atoms with Crippen LogP contribution < -0.4 is 14.8 Å². The summed E-state index contributed by atoms with van der Waals surface area (Å²) in [4.78, 5) is 1.13. The number of methoxy groups -OCH3 is 2. The molecule has 1 unspecified atom stereocenters. The number of rotatable bonds is 6. The molecule has 114 valence electrons. The summed E-state index contributed by atoms with van der Waals surface area (Å²) in [6.07, 6.45) is 0. The second kappa shape index (κ2) is 7.49. The number of benzene rings is 1. The van der Waals surface area contributed by atoms with Gasteiger partial charge in [0.2, 0.25) is 0 Å². The first kappa shape index (κ1) is 16.6. The maximum atomic E-state index is 6.17. The van der Waals surface area contributed by atoms with Crippen LogP contribution in [0.15, 0.2) is 28.1 Å². The Kier molecular flexibility index (Phi) is 5.93. The van der Waals surface area contributed by atoms with E-state index in [0.717, 1.165) is 37.3 Å². The van der Waals surface area contributed by atoms with Gasteiger partial charge in [-0.15, -0.1) is 11.3 Å². The summed E-state index contributed by atoms with van der Waals surface area (Å²) < 4.78 is 11.8. The van der Waals surface area contributed by atoms with Crippen molar-refractivity contribution in [3.63, 3.8) is 0 Å². The van der Waals surface area contributed by atoms with Crippen molar-refractivity contribution in [3.05, 3.63) is 43.5 Å². The van der Waals surface area contributed by atoms with Crippen LogP contribution in [0.1, 0.15) is 23.4 Å². The van der Waals surface area contributed by atoms with Crippen LogP contribution >= 0.6 is 38.9 Å². The molecule has 1 aromatic heterocycles. The van der Waals surface area contributed by atoms with Gasteiger partial charge in [0.1, 0.15) is 11.5 Å². The van der Waals surface area contributed by atoms with Gasteiger partial charge < -0.3 is 14.8 Å². The molecule has 2 rings (SSSR count). The van der Waals surface area contributed by atoms with E-state index in [9.17, 15) is 0 Å². The highest BCUT2D eigenvalue weighted by atomic mass is 79.9. The molecule has 0 bridgehead atoms. The van der Waals surface area contributed by atoms with Gasteiger partial charge in [-0.1, -0.05) is 18.5 Å². The normalized spacial score (nSPS) is 12.2. The van der Waals surface area contributed by atoms with Gasteiger partial charge in [0.25, 0.3) is 0 Å². The summed E-state index contributed by atoms with van der Waals surface area (Å²) in [6.45, 7) is 2.90. The Morgan fingerprint density at radius 2 is 2.05 bits per heavy atom. The Bertz CT molecular complexity index is 598. The van der Waals surface area contributed by atoms with E-state index in [1.54, 1.807) is 25.6 Å². The van der Waals surface area contributed by atoms with Gasteiger partial charge in [-0.2, -0.15) is 0 Å². The maximum absolute atomic E-state index is 6.17. The highest BCUT2D eigenvalue weighted by molar-refractivity contribution is 9.11. The van der Waals surface area contributed by atoms with E-state index in [4.69, 9.17) is 21.1 Å². The molecule has 0 saturated heterocycles. The summed E-state index contributed by atoms with van der Waals surface area (Å²) in [6, 6.07) is 7.79. The van der Waals surface area contributed by atoms with Crippen LogP contribution in [0.3, 0.4) is 0 Å². The molecule has 1 heterocycles. The van der Waals surface area contributed by atoms with Gasteiger partial charge in [-0.25, -0.2) is 0 Å². The van der Waals surface area contributed by atoms with Crippen molar-refractivity contribution in [2.24, 2.45) is 0 Å². The van der Waals surface area contributed by atoms with Crippen molar-refractivity contribution < 1.29 is 9.47 Å². The number of nitrogens with one attached hydrogen (secondary N) is 1. The van der Waals surface area contributed by atoms with Gasteiger partial charge in [0.05, 0.1) is 29.1 Å². The molecule has 0 radical (unpaired) electrons. The van der Waals surface area contributed by atoms with Crippen LogP contribution in [-0.4, -0.2) is 20.8 Å². The first-order valence-electron chi connectivity index (χ1n) is 6.50. The topological polar surface area (TPSA) is 30.5 Å². The predicted octanol–water partition coefficient (Wildman–Crippen LogP) is 4.88. The van der Waals surface area contributed by atoms with E-state index in [1.165, 1.54) is 0 Å². The Balaban J connectivity index is 2.51. The summed E-state index contributed by atoms with van der Waals surface area (Å²) in [7, 11) is 3.33. The Morgan fingerprint density at radius 3 is 2.57 bits per heavy atom. The second-order valence-electron chi connectivity index (χ2n) is 4.37. The summed E-state index contributed by atoms with van der Waals surface area (Å²) in [5.74, 6) is 1.62. The third-order valence-corrected chi connectivity index (χ3v) is 5.64. The zero-order valence-electron chi connectivity index (χ0n) is 12.1. The van der Waals surface area contributed by atoms with Crippen LogP contribution in [0, 0.1) is 0 Å². The standard InChI is InChI=1S/C15H17BrClNO2S/c1-4-18-14(13-8-11(17)15(16)21-13)10-7-9(19-2)5-6-12(10)20-3/h5-8,14,18H,4H2,1-3H3. The third-order valence-electron chi connectivity index (χ3n) is 3.10. The van der Waals surface area contributed by atoms with Crippen molar-refractivity contribution in [3.8, 4) is 11.5 Å². The molecule has 0 spiro atoms. The van der Waals surface area contributed by atoms with E-state index in [1.807, 2.05) is 24.3 Å². The molecular formula is C15H17BrClNO2S. The lowest BCUT2D eigenvalue weighted by atomic mass is 10.0. The van der Waals surface area contributed by atoms with E-state index in [2.05, 4.69) is 28.2 Å². The first-order chi connectivity index (χ1) is 10.1. The number of ether oxygens (including phenoxy) is 2. The molecule has 0 aliphatic heterocycles. The van der Waals surface area contributed by atoms with Crippen LogP contribution in [0.5, 0.6) is 11.5 Å². The van der Waals surface area contributed by atoms with Crippen LogP contribution in [0.2, 0.25) is 5.02 Å². The Morgan fingerprint density at radius 1 is 1.29 bits per heavy atom. The molecule has 6 heteroatoms. The largest absolute Gasteiger partial charge is 0.497 e. The third kappa shape index (κ3) is 3.72. The lowest BCUT2D eigenvalue weighted by molar-refractivity contribution is 0.394. The minimum Gasteiger partial charge on any atom is -0.497 e.